The smallest absolute Gasteiger partial charge is 0.276 e. The van der Waals surface area contributed by atoms with Gasteiger partial charge in [-0.25, -0.2) is 0 Å². The summed E-state index contributed by atoms with van der Waals surface area (Å²) in [4.78, 5) is 16.4. The Labute approximate surface area is 139 Å². The van der Waals surface area contributed by atoms with Crippen molar-refractivity contribution in [2.24, 2.45) is 0 Å². The number of β-amino-alcohol motifs (C(OH)–C–C–N with tert-alkyl or cyclic N) is 1. The van der Waals surface area contributed by atoms with Gasteiger partial charge in [-0.3, -0.25) is 9.69 Å². The van der Waals surface area contributed by atoms with Gasteiger partial charge < -0.3 is 18.9 Å². The third-order valence-corrected chi connectivity index (χ3v) is 4.69. The van der Waals surface area contributed by atoms with Crippen LogP contribution in [-0.4, -0.2) is 58.7 Å². The maximum atomic E-state index is 12.5. The van der Waals surface area contributed by atoms with Crippen molar-refractivity contribution in [3.8, 4) is 0 Å². The molecule has 1 N–H and O–H groups in total. The van der Waals surface area contributed by atoms with Gasteiger partial charge in [-0.2, -0.15) is 0 Å². The summed E-state index contributed by atoms with van der Waals surface area (Å²) in [6.45, 7) is 3.18. The summed E-state index contributed by atoms with van der Waals surface area (Å²) in [6.07, 6.45) is 3.17. The second kappa shape index (κ2) is 6.41. The largest absolute Gasteiger partial charge is 0.467 e. The first-order valence-electron chi connectivity index (χ1n) is 8.40. The normalized spacial score (nSPS) is 20.3. The summed E-state index contributed by atoms with van der Waals surface area (Å²) in [5.74, 6) is 1.79. The molecule has 24 heavy (non-hydrogen) atoms. The molecule has 0 radical (unpaired) electrons. The van der Waals surface area contributed by atoms with E-state index < -0.39 is 6.10 Å². The Bertz CT molecular complexity index is 685. The van der Waals surface area contributed by atoms with Crippen LogP contribution >= 0.6 is 0 Å². The van der Waals surface area contributed by atoms with E-state index in [0.29, 0.717) is 37.0 Å². The van der Waals surface area contributed by atoms with Gasteiger partial charge in [0.25, 0.3) is 5.91 Å². The number of aliphatic hydroxyl groups excluding tert-OH is 1. The van der Waals surface area contributed by atoms with Gasteiger partial charge >= 0.3 is 0 Å². The fourth-order valence-electron chi connectivity index (χ4n) is 3.06. The van der Waals surface area contributed by atoms with Gasteiger partial charge in [-0.1, -0.05) is 5.16 Å². The summed E-state index contributed by atoms with van der Waals surface area (Å²) in [7, 11) is 0. The average molecular weight is 331 g/mol. The molecule has 1 saturated heterocycles. The number of nitrogens with zero attached hydrogens (tertiary/aromatic N) is 3. The number of aromatic nitrogens is 1. The van der Waals surface area contributed by atoms with Gasteiger partial charge in [0.1, 0.15) is 17.6 Å². The molecule has 7 nitrogen and oxygen atoms in total. The van der Waals surface area contributed by atoms with Crippen molar-refractivity contribution in [2.75, 3.05) is 32.7 Å². The lowest BCUT2D eigenvalue weighted by molar-refractivity contribution is 0.0479. The van der Waals surface area contributed by atoms with Crippen molar-refractivity contribution in [3.63, 3.8) is 0 Å². The van der Waals surface area contributed by atoms with E-state index in [0.717, 1.165) is 31.7 Å². The Morgan fingerprint density at radius 2 is 2.12 bits per heavy atom. The number of carbonyl (C=O) groups is 1. The number of furan rings is 1. The molecular weight excluding hydrogens is 310 g/mol. The standard InChI is InChI=1S/C17H21N3O4/c21-14(15-2-1-9-23-15)11-19-5-7-20(8-6-19)17(22)13-10-16(24-18-13)12-3-4-12/h1-2,9-10,12,14,21H,3-8,11H2. The Morgan fingerprint density at radius 1 is 1.33 bits per heavy atom. The first-order chi connectivity index (χ1) is 11.7. The zero-order valence-corrected chi connectivity index (χ0v) is 13.4. The molecule has 1 aliphatic heterocycles. The molecule has 1 atom stereocenters. The van der Waals surface area contributed by atoms with Crippen LogP contribution in [0.1, 0.15) is 46.9 Å². The van der Waals surface area contributed by atoms with Gasteiger partial charge in [0.2, 0.25) is 0 Å². The van der Waals surface area contributed by atoms with Crippen LogP contribution in [0, 0.1) is 0 Å². The molecule has 0 bridgehead atoms. The van der Waals surface area contributed by atoms with Crippen molar-refractivity contribution in [1.82, 2.24) is 15.0 Å². The van der Waals surface area contributed by atoms with E-state index in [9.17, 15) is 9.90 Å². The van der Waals surface area contributed by atoms with Gasteiger partial charge in [0, 0.05) is 44.7 Å². The van der Waals surface area contributed by atoms with Crippen LogP contribution in [-0.2, 0) is 0 Å². The van der Waals surface area contributed by atoms with Crippen LogP contribution in [0.25, 0.3) is 0 Å². The lowest BCUT2D eigenvalue weighted by Gasteiger charge is -2.34. The van der Waals surface area contributed by atoms with Crippen LogP contribution in [0.2, 0.25) is 0 Å². The molecule has 128 valence electrons. The number of amides is 1. The highest BCUT2D eigenvalue weighted by molar-refractivity contribution is 5.92. The highest BCUT2D eigenvalue weighted by Gasteiger charge is 2.31. The Hall–Kier alpha value is -2.12. The molecule has 1 saturated carbocycles. The number of hydrogen-bond acceptors (Lipinski definition) is 6. The summed E-state index contributed by atoms with van der Waals surface area (Å²) in [6, 6.07) is 5.32. The summed E-state index contributed by atoms with van der Waals surface area (Å²) >= 11 is 0. The predicted octanol–water partition coefficient (Wildman–Crippen LogP) is 1.64. The van der Waals surface area contributed by atoms with Crippen molar-refractivity contribution >= 4 is 5.91 Å². The zero-order chi connectivity index (χ0) is 16.5. The molecule has 3 heterocycles. The molecule has 7 heteroatoms. The SMILES string of the molecule is O=C(c1cc(C2CC2)on1)N1CCN(CC(O)c2ccco2)CC1. The quantitative estimate of drug-likeness (QED) is 0.897. The van der Waals surface area contributed by atoms with E-state index in [-0.39, 0.29) is 5.91 Å². The highest BCUT2D eigenvalue weighted by Crippen LogP contribution is 2.40. The van der Waals surface area contributed by atoms with E-state index >= 15 is 0 Å². The van der Waals surface area contributed by atoms with Crippen molar-refractivity contribution in [2.45, 2.75) is 24.9 Å². The third kappa shape index (κ3) is 3.22. The van der Waals surface area contributed by atoms with Gasteiger partial charge in [-0.05, 0) is 25.0 Å². The number of aliphatic hydroxyl groups is 1. The lowest BCUT2D eigenvalue weighted by atomic mass is 10.2. The van der Waals surface area contributed by atoms with E-state index in [4.69, 9.17) is 8.94 Å². The highest BCUT2D eigenvalue weighted by atomic mass is 16.5. The minimum absolute atomic E-state index is 0.0723. The summed E-state index contributed by atoms with van der Waals surface area (Å²) in [5.41, 5.74) is 0.404. The fraction of sp³-hybridized carbons (Fsp3) is 0.529. The van der Waals surface area contributed by atoms with Crippen LogP contribution < -0.4 is 0 Å². The number of piperazine rings is 1. The molecule has 0 aromatic carbocycles. The van der Waals surface area contributed by atoms with Crippen LogP contribution in [0.3, 0.4) is 0 Å². The number of hydrogen-bond donors (Lipinski definition) is 1. The van der Waals surface area contributed by atoms with Gasteiger partial charge in [-0.15, -0.1) is 0 Å². The molecule has 2 aromatic rings. The second-order valence-corrected chi connectivity index (χ2v) is 6.51. The molecule has 1 amide bonds. The molecule has 2 aromatic heterocycles. The average Bonchev–Trinajstić information content (AvgIpc) is 3.12. The molecule has 2 fully saturated rings. The topological polar surface area (TPSA) is 83.0 Å². The first-order valence-corrected chi connectivity index (χ1v) is 8.40. The van der Waals surface area contributed by atoms with E-state index in [2.05, 4.69) is 10.1 Å². The second-order valence-electron chi connectivity index (χ2n) is 6.51. The predicted molar refractivity (Wildman–Crippen MR) is 84.5 cm³/mol. The maximum Gasteiger partial charge on any atom is 0.276 e. The lowest BCUT2D eigenvalue weighted by Crippen LogP contribution is -2.49. The summed E-state index contributed by atoms with van der Waals surface area (Å²) in [5, 5.41) is 14.1. The van der Waals surface area contributed by atoms with Crippen molar-refractivity contribution in [1.29, 1.82) is 0 Å². The molecule has 0 spiro atoms. The van der Waals surface area contributed by atoms with Crippen LogP contribution in [0.15, 0.2) is 33.4 Å². The minimum Gasteiger partial charge on any atom is -0.467 e. The van der Waals surface area contributed by atoms with E-state index in [1.165, 1.54) is 0 Å². The summed E-state index contributed by atoms with van der Waals surface area (Å²) < 4.78 is 10.5. The van der Waals surface area contributed by atoms with Gasteiger partial charge in [0.15, 0.2) is 5.69 Å². The zero-order valence-electron chi connectivity index (χ0n) is 13.4. The monoisotopic (exact) mass is 331 g/mol. The van der Waals surface area contributed by atoms with Crippen molar-refractivity contribution < 1.29 is 18.8 Å². The number of carbonyl (C=O) groups excluding carboxylic acids is 1. The van der Waals surface area contributed by atoms with Crippen LogP contribution in [0.5, 0.6) is 0 Å². The third-order valence-electron chi connectivity index (χ3n) is 4.69. The van der Waals surface area contributed by atoms with Crippen LogP contribution in [0.4, 0.5) is 0 Å². The molecule has 4 rings (SSSR count). The van der Waals surface area contributed by atoms with Gasteiger partial charge in [0.05, 0.1) is 6.26 Å². The molecule has 1 aliphatic carbocycles. The minimum atomic E-state index is -0.640. The maximum absolute atomic E-state index is 12.5. The molecule has 2 aliphatic rings. The molecule has 1 unspecified atom stereocenters. The molecular formula is C17H21N3O4. The first kappa shape index (κ1) is 15.4. The number of rotatable bonds is 5. The fourth-order valence-corrected chi connectivity index (χ4v) is 3.06. The van der Waals surface area contributed by atoms with E-state index in [1.807, 2.05) is 0 Å². The Kier molecular flexibility index (Phi) is 4.12. The van der Waals surface area contributed by atoms with E-state index in [1.54, 1.807) is 29.4 Å². The van der Waals surface area contributed by atoms with Crippen molar-refractivity contribution in [3.05, 3.63) is 41.7 Å². The Morgan fingerprint density at radius 3 is 2.79 bits per heavy atom. The Balaban J connectivity index is 1.29.